The minimum absolute atomic E-state index is 0.164. The number of anilines is 1. The van der Waals surface area contributed by atoms with Crippen molar-refractivity contribution in [2.24, 2.45) is 5.92 Å². The predicted molar refractivity (Wildman–Crippen MR) is 105 cm³/mol. The molecule has 2 heterocycles. The molecule has 7 nitrogen and oxygen atoms in total. The van der Waals surface area contributed by atoms with Crippen LogP contribution in [0.2, 0.25) is 0 Å². The van der Waals surface area contributed by atoms with Crippen molar-refractivity contribution in [3.8, 4) is 5.75 Å². The van der Waals surface area contributed by atoms with Crippen LogP contribution >= 0.6 is 11.3 Å². The molecule has 1 aliphatic rings. The van der Waals surface area contributed by atoms with Crippen molar-refractivity contribution in [2.45, 2.75) is 45.9 Å². The van der Waals surface area contributed by atoms with Crippen LogP contribution < -0.4 is 9.64 Å². The zero-order valence-corrected chi connectivity index (χ0v) is 17.1. The first kappa shape index (κ1) is 19.6. The molecule has 2 unspecified atom stereocenters. The van der Waals surface area contributed by atoms with E-state index in [1.54, 1.807) is 7.05 Å². The van der Waals surface area contributed by atoms with Crippen LogP contribution in [0.5, 0.6) is 5.75 Å². The molecule has 0 aliphatic carbocycles. The van der Waals surface area contributed by atoms with Crippen molar-refractivity contribution < 1.29 is 14.6 Å². The Bertz CT molecular complexity index is 791. The maximum absolute atomic E-state index is 12.2. The van der Waals surface area contributed by atoms with E-state index in [4.69, 9.17) is 4.74 Å². The number of rotatable bonds is 6. The number of likely N-dealkylation sites (N-methyl/N-ethyl adjacent to an activating group) is 1. The monoisotopic (exact) mass is 390 g/mol. The van der Waals surface area contributed by atoms with Gasteiger partial charge in [-0.1, -0.05) is 51.2 Å². The van der Waals surface area contributed by atoms with E-state index in [0.29, 0.717) is 16.1 Å². The molecule has 1 saturated heterocycles. The van der Waals surface area contributed by atoms with Gasteiger partial charge in [0, 0.05) is 7.05 Å². The number of aromatic nitrogens is 2. The summed E-state index contributed by atoms with van der Waals surface area (Å²) in [6, 6.07) is 7.79. The molecule has 146 valence electrons. The van der Waals surface area contributed by atoms with Gasteiger partial charge in [-0.3, -0.25) is 0 Å². The average molecular weight is 391 g/mol. The molecule has 0 radical (unpaired) electrons. The van der Waals surface area contributed by atoms with Gasteiger partial charge in [0.2, 0.25) is 5.13 Å². The fourth-order valence-electron chi connectivity index (χ4n) is 2.91. The van der Waals surface area contributed by atoms with Gasteiger partial charge in [-0.2, -0.15) is 0 Å². The van der Waals surface area contributed by atoms with Gasteiger partial charge in [-0.25, -0.2) is 9.69 Å². The predicted octanol–water partition coefficient (Wildman–Crippen LogP) is 3.63. The van der Waals surface area contributed by atoms with Crippen LogP contribution in [-0.4, -0.2) is 46.1 Å². The Morgan fingerprint density at radius 1 is 1.19 bits per heavy atom. The molecule has 1 aromatic heterocycles. The van der Waals surface area contributed by atoms with Gasteiger partial charge >= 0.3 is 6.03 Å². The smallest absolute Gasteiger partial charge is 0.328 e. The van der Waals surface area contributed by atoms with E-state index in [0.717, 1.165) is 5.75 Å². The Balaban J connectivity index is 1.80. The third kappa shape index (κ3) is 4.06. The normalized spacial score (nSPS) is 18.7. The number of hydrogen-bond acceptors (Lipinski definition) is 6. The average Bonchev–Trinajstić information content (AvgIpc) is 3.17. The van der Waals surface area contributed by atoms with Crippen LogP contribution in [0.1, 0.15) is 50.3 Å². The molecule has 0 bridgehead atoms. The van der Waals surface area contributed by atoms with Crippen molar-refractivity contribution >= 4 is 22.5 Å². The van der Waals surface area contributed by atoms with Crippen LogP contribution in [0.15, 0.2) is 24.3 Å². The molecule has 2 amide bonds. The third-order valence-electron chi connectivity index (χ3n) is 4.56. The number of aliphatic hydroxyl groups is 1. The number of carbonyl (C=O) groups is 1. The first-order chi connectivity index (χ1) is 12.8. The summed E-state index contributed by atoms with van der Waals surface area (Å²) in [6.07, 6.45) is -1.20. The fourth-order valence-corrected chi connectivity index (χ4v) is 4.00. The fraction of sp³-hybridized carbons (Fsp3) is 0.526. The first-order valence-corrected chi connectivity index (χ1v) is 9.92. The largest absolute Gasteiger partial charge is 0.483 e. The van der Waals surface area contributed by atoms with E-state index in [1.165, 1.54) is 26.7 Å². The van der Waals surface area contributed by atoms with Crippen LogP contribution in [-0.2, 0) is 0 Å². The first-order valence-electron chi connectivity index (χ1n) is 9.10. The Morgan fingerprint density at radius 3 is 2.37 bits per heavy atom. The molecule has 1 aliphatic heterocycles. The lowest BCUT2D eigenvalue weighted by Gasteiger charge is -2.20. The quantitative estimate of drug-likeness (QED) is 0.815. The SMILES string of the molecule is CC(C)c1ccc(OC(c2nnc(N3C(=O)N(C)CC3O)s2)C(C)C)cc1. The second-order valence-electron chi connectivity index (χ2n) is 7.44. The second kappa shape index (κ2) is 7.82. The molecule has 1 fully saturated rings. The lowest BCUT2D eigenvalue weighted by atomic mass is 10.0. The van der Waals surface area contributed by atoms with Crippen molar-refractivity contribution in [1.82, 2.24) is 15.1 Å². The summed E-state index contributed by atoms with van der Waals surface area (Å²) in [5.74, 6) is 1.40. The number of hydrogen-bond donors (Lipinski definition) is 1. The van der Waals surface area contributed by atoms with Crippen molar-refractivity contribution in [3.05, 3.63) is 34.8 Å². The Kier molecular flexibility index (Phi) is 5.67. The number of aliphatic hydroxyl groups excluding tert-OH is 1. The van der Waals surface area contributed by atoms with Crippen molar-refractivity contribution in [2.75, 3.05) is 18.5 Å². The van der Waals surface area contributed by atoms with Crippen LogP contribution in [0.3, 0.4) is 0 Å². The lowest BCUT2D eigenvalue weighted by molar-refractivity contribution is 0.152. The van der Waals surface area contributed by atoms with Gasteiger partial charge in [0.1, 0.15) is 5.75 Å². The number of benzene rings is 1. The van der Waals surface area contributed by atoms with Crippen LogP contribution in [0.25, 0.3) is 0 Å². The second-order valence-corrected chi connectivity index (χ2v) is 8.43. The maximum Gasteiger partial charge on any atom is 0.328 e. The Labute approximate surface area is 163 Å². The van der Waals surface area contributed by atoms with E-state index in [2.05, 4.69) is 50.0 Å². The number of urea groups is 1. The summed E-state index contributed by atoms with van der Waals surface area (Å²) in [6.45, 7) is 8.66. The summed E-state index contributed by atoms with van der Waals surface area (Å²) < 4.78 is 6.18. The summed E-state index contributed by atoms with van der Waals surface area (Å²) >= 11 is 1.27. The number of carbonyl (C=O) groups excluding carboxylic acids is 1. The highest BCUT2D eigenvalue weighted by atomic mass is 32.1. The standard InChI is InChI=1S/C19H26N4O3S/c1-11(2)13-6-8-14(9-7-13)26-16(12(3)4)17-20-21-18(27-17)23-15(24)10-22(5)19(23)25/h6-9,11-12,15-16,24H,10H2,1-5H3. The molecule has 0 spiro atoms. The van der Waals surface area contributed by atoms with Gasteiger partial charge < -0.3 is 14.7 Å². The van der Waals surface area contributed by atoms with Gasteiger partial charge in [-0.15, -0.1) is 10.2 Å². The molecule has 1 aromatic carbocycles. The highest BCUT2D eigenvalue weighted by Crippen LogP contribution is 2.35. The summed E-state index contributed by atoms with van der Waals surface area (Å²) in [4.78, 5) is 14.9. The number of amides is 2. The third-order valence-corrected chi connectivity index (χ3v) is 5.55. The minimum Gasteiger partial charge on any atom is -0.483 e. The molecule has 8 heteroatoms. The Morgan fingerprint density at radius 2 is 1.85 bits per heavy atom. The lowest BCUT2D eigenvalue weighted by Crippen LogP contribution is -2.34. The van der Waals surface area contributed by atoms with Crippen LogP contribution in [0.4, 0.5) is 9.93 Å². The highest BCUT2D eigenvalue weighted by molar-refractivity contribution is 7.15. The number of ether oxygens (including phenoxy) is 1. The molecular weight excluding hydrogens is 364 g/mol. The van der Waals surface area contributed by atoms with E-state index in [9.17, 15) is 9.90 Å². The topological polar surface area (TPSA) is 78.8 Å². The number of nitrogens with zero attached hydrogens (tertiary/aromatic N) is 4. The molecule has 0 saturated carbocycles. The maximum atomic E-state index is 12.2. The van der Waals surface area contributed by atoms with Crippen molar-refractivity contribution in [3.63, 3.8) is 0 Å². The van der Waals surface area contributed by atoms with Gasteiger partial charge in [-0.05, 0) is 29.5 Å². The molecule has 1 N–H and O–H groups in total. The van der Waals surface area contributed by atoms with Crippen LogP contribution in [0, 0.1) is 5.92 Å². The van der Waals surface area contributed by atoms with E-state index in [1.807, 2.05) is 12.1 Å². The number of β-amino-alcohol motifs (C(OH)–C–C–N with tert-alkyl or cyclic N) is 1. The van der Waals surface area contributed by atoms with Gasteiger partial charge in [0.25, 0.3) is 0 Å². The van der Waals surface area contributed by atoms with E-state index >= 15 is 0 Å². The summed E-state index contributed by atoms with van der Waals surface area (Å²) in [5, 5.41) is 19.5. The molecule has 3 rings (SSSR count). The molecular formula is C19H26N4O3S. The van der Waals surface area contributed by atoms with Gasteiger partial charge in [0.05, 0.1) is 6.54 Å². The van der Waals surface area contributed by atoms with E-state index < -0.39 is 6.23 Å². The summed E-state index contributed by atoms with van der Waals surface area (Å²) in [5.41, 5.74) is 1.26. The van der Waals surface area contributed by atoms with Crippen molar-refractivity contribution in [1.29, 1.82) is 0 Å². The highest BCUT2D eigenvalue weighted by Gasteiger charge is 2.37. The van der Waals surface area contributed by atoms with E-state index in [-0.39, 0.29) is 24.6 Å². The molecule has 2 atom stereocenters. The molecule has 2 aromatic rings. The van der Waals surface area contributed by atoms with Gasteiger partial charge in [0.15, 0.2) is 17.3 Å². The summed E-state index contributed by atoms with van der Waals surface area (Å²) in [7, 11) is 1.65. The zero-order valence-electron chi connectivity index (χ0n) is 16.3. The zero-order chi connectivity index (χ0) is 19.7. The minimum atomic E-state index is -0.912. The molecule has 27 heavy (non-hydrogen) atoms. The Hall–Kier alpha value is -2.19.